The molecule has 0 heterocycles. The lowest BCUT2D eigenvalue weighted by Gasteiger charge is -2.08. The van der Waals surface area contributed by atoms with Crippen molar-refractivity contribution in [1.29, 1.82) is 0 Å². The van der Waals surface area contributed by atoms with Crippen LogP contribution in [0.3, 0.4) is 0 Å². The molecule has 0 saturated carbocycles. The molecule has 0 spiro atoms. The highest BCUT2D eigenvalue weighted by atomic mass is 32.2. The van der Waals surface area contributed by atoms with Gasteiger partial charge in [0.1, 0.15) is 13.2 Å². The van der Waals surface area contributed by atoms with Crippen molar-refractivity contribution in [2.75, 3.05) is 58.6 Å². The Morgan fingerprint density at radius 1 is 0.812 bits per heavy atom. The van der Waals surface area contributed by atoms with Gasteiger partial charge >= 0.3 is 11.9 Å². The summed E-state index contributed by atoms with van der Waals surface area (Å²) in [5.74, 6) is -1.34. The molecule has 1 aromatic rings. The predicted octanol–water partition coefficient (Wildman–Crippen LogP) is 1.87. The number of carbonyl (C=O) groups is 2. The predicted molar refractivity (Wildman–Crippen MR) is 117 cm³/mol. The summed E-state index contributed by atoms with van der Waals surface area (Å²) >= 11 is 0. The number of sulfone groups is 1. The first-order chi connectivity index (χ1) is 15.2. The maximum atomic E-state index is 12.2. The molecule has 10 heteroatoms. The van der Waals surface area contributed by atoms with Gasteiger partial charge in [-0.05, 0) is 26.0 Å². The molecule has 0 aliphatic heterocycles. The second-order valence-corrected chi connectivity index (χ2v) is 8.96. The molecular formula is C22H32O9S. The SMILES string of the molecule is C=C(C)C(=O)OCCOCCOCCOCCOC(=O)CCS(=O)(=O)c1ccc(C)cc1. The smallest absolute Gasteiger partial charge is 0.333 e. The number of ether oxygens (including phenoxy) is 5. The molecule has 0 atom stereocenters. The van der Waals surface area contributed by atoms with Crippen molar-refractivity contribution in [3.63, 3.8) is 0 Å². The van der Waals surface area contributed by atoms with Crippen LogP contribution in [0.25, 0.3) is 0 Å². The molecule has 0 bridgehead atoms. The topological polar surface area (TPSA) is 114 Å². The van der Waals surface area contributed by atoms with Crippen molar-refractivity contribution in [3.8, 4) is 0 Å². The van der Waals surface area contributed by atoms with Gasteiger partial charge in [-0.15, -0.1) is 0 Å². The number of rotatable bonds is 17. The van der Waals surface area contributed by atoms with Gasteiger partial charge in [0.2, 0.25) is 0 Å². The standard InChI is InChI=1S/C22H32O9S/c1-18(2)22(24)31-16-14-29-12-10-27-9-11-28-13-15-30-21(23)8-17-32(25,26)20-6-4-19(3)5-7-20/h4-7H,1,8-17H2,2-3H3. The summed E-state index contributed by atoms with van der Waals surface area (Å²) in [4.78, 5) is 23.0. The first-order valence-electron chi connectivity index (χ1n) is 10.2. The Hall–Kier alpha value is -2.27. The fourth-order valence-corrected chi connectivity index (χ4v) is 3.45. The van der Waals surface area contributed by atoms with E-state index in [1.54, 1.807) is 19.1 Å². The molecule has 0 fully saturated rings. The number of carbonyl (C=O) groups excluding carboxylic acids is 2. The van der Waals surface area contributed by atoms with E-state index < -0.39 is 21.8 Å². The third-order valence-corrected chi connectivity index (χ3v) is 5.73. The van der Waals surface area contributed by atoms with Crippen molar-refractivity contribution < 1.29 is 41.7 Å². The van der Waals surface area contributed by atoms with Gasteiger partial charge in [-0.2, -0.15) is 0 Å². The van der Waals surface area contributed by atoms with Gasteiger partial charge in [-0.25, -0.2) is 13.2 Å². The molecule has 9 nitrogen and oxygen atoms in total. The Morgan fingerprint density at radius 3 is 1.78 bits per heavy atom. The highest BCUT2D eigenvalue weighted by Crippen LogP contribution is 2.13. The van der Waals surface area contributed by atoms with Crippen LogP contribution >= 0.6 is 0 Å². The van der Waals surface area contributed by atoms with Crippen LogP contribution in [0.2, 0.25) is 0 Å². The van der Waals surface area contributed by atoms with Crippen LogP contribution in [-0.4, -0.2) is 79.0 Å². The summed E-state index contributed by atoms with van der Waals surface area (Å²) in [6.07, 6.45) is -0.217. The minimum Gasteiger partial charge on any atom is -0.463 e. The van der Waals surface area contributed by atoms with E-state index in [1.807, 2.05) is 6.92 Å². The Morgan fingerprint density at radius 2 is 1.28 bits per heavy atom. The van der Waals surface area contributed by atoms with Crippen LogP contribution < -0.4 is 0 Å². The van der Waals surface area contributed by atoms with Gasteiger partial charge < -0.3 is 23.7 Å². The Kier molecular flexibility index (Phi) is 13.5. The van der Waals surface area contributed by atoms with E-state index in [1.165, 1.54) is 12.1 Å². The third-order valence-electron chi connectivity index (χ3n) is 4.00. The van der Waals surface area contributed by atoms with Crippen molar-refractivity contribution in [1.82, 2.24) is 0 Å². The number of aryl methyl sites for hydroxylation is 1. The number of esters is 2. The Bertz CT molecular complexity index is 816. The molecule has 0 unspecified atom stereocenters. The van der Waals surface area contributed by atoms with E-state index in [0.29, 0.717) is 32.0 Å². The summed E-state index contributed by atoms with van der Waals surface area (Å²) in [5, 5.41) is 0. The average Bonchev–Trinajstić information content (AvgIpc) is 2.75. The molecule has 1 aromatic carbocycles. The van der Waals surface area contributed by atoms with Crippen molar-refractivity contribution >= 4 is 21.8 Å². The fraction of sp³-hybridized carbons (Fsp3) is 0.545. The van der Waals surface area contributed by atoms with Crippen LogP contribution in [0, 0.1) is 6.92 Å². The van der Waals surface area contributed by atoms with Crippen LogP contribution in [0.1, 0.15) is 18.9 Å². The van der Waals surface area contributed by atoms with E-state index in [0.717, 1.165) is 5.56 Å². The highest BCUT2D eigenvalue weighted by Gasteiger charge is 2.16. The van der Waals surface area contributed by atoms with Gasteiger partial charge in [-0.3, -0.25) is 4.79 Å². The van der Waals surface area contributed by atoms with Crippen LogP contribution in [-0.2, 0) is 43.1 Å². The second-order valence-electron chi connectivity index (χ2n) is 6.86. The van der Waals surface area contributed by atoms with Crippen LogP contribution in [0.15, 0.2) is 41.3 Å². The van der Waals surface area contributed by atoms with Gasteiger partial charge in [0.05, 0.1) is 56.7 Å². The maximum Gasteiger partial charge on any atom is 0.333 e. The fourth-order valence-electron chi connectivity index (χ4n) is 2.23. The Balaban J connectivity index is 1.95. The number of hydrogen-bond donors (Lipinski definition) is 0. The highest BCUT2D eigenvalue weighted by molar-refractivity contribution is 7.91. The van der Waals surface area contributed by atoms with Crippen LogP contribution in [0.4, 0.5) is 0 Å². The minimum absolute atomic E-state index is 0.0371. The molecule has 180 valence electrons. The first-order valence-corrected chi connectivity index (χ1v) is 11.9. The maximum absolute atomic E-state index is 12.2. The van der Waals surface area contributed by atoms with E-state index in [4.69, 9.17) is 23.7 Å². The molecular weight excluding hydrogens is 440 g/mol. The molecule has 1 rings (SSSR count). The zero-order valence-electron chi connectivity index (χ0n) is 18.7. The first kappa shape index (κ1) is 27.8. The van der Waals surface area contributed by atoms with Crippen molar-refractivity contribution in [2.24, 2.45) is 0 Å². The molecule has 32 heavy (non-hydrogen) atoms. The van der Waals surface area contributed by atoms with Gasteiger partial charge in [-0.1, -0.05) is 24.3 Å². The lowest BCUT2D eigenvalue weighted by Crippen LogP contribution is -2.17. The monoisotopic (exact) mass is 472 g/mol. The summed E-state index contributed by atoms with van der Waals surface area (Å²) in [6.45, 7) is 8.95. The zero-order valence-corrected chi connectivity index (χ0v) is 19.5. The summed E-state index contributed by atoms with van der Waals surface area (Å²) < 4.78 is 50.1. The van der Waals surface area contributed by atoms with Crippen molar-refractivity contribution in [3.05, 3.63) is 42.0 Å². The summed E-state index contributed by atoms with van der Waals surface area (Å²) in [7, 11) is -3.52. The van der Waals surface area contributed by atoms with E-state index >= 15 is 0 Å². The lowest BCUT2D eigenvalue weighted by atomic mass is 10.2. The van der Waals surface area contributed by atoms with Crippen molar-refractivity contribution in [2.45, 2.75) is 25.2 Å². The zero-order chi connectivity index (χ0) is 23.8. The average molecular weight is 473 g/mol. The molecule has 0 radical (unpaired) electrons. The van der Waals surface area contributed by atoms with E-state index in [9.17, 15) is 18.0 Å². The largest absolute Gasteiger partial charge is 0.463 e. The molecule has 0 amide bonds. The minimum atomic E-state index is -3.52. The summed E-state index contributed by atoms with van der Waals surface area (Å²) in [6, 6.07) is 6.48. The molecule has 0 aromatic heterocycles. The molecule has 0 saturated heterocycles. The van der Waals surface area contributed by atoms with E-state index in [-0.39, 0.29) is 43.5 Å². The van der Waals surface area contributed by atoms with Gasteiger partial charge in [0.15, 0.2) is 9.84 Å². The summed E-state index contributed by atoms with van der Waals surface area (Å²) in [5.41, 5.74) is 1.30. The molecule has 0 N–H and O–H groups in total. The third kappa shape index (κ3) is 12.6. The number of hydrogen-bond acceptors (Lipinski definition) is 9. The molecule has 0 aliphatic rings. The normalized spacial score (nSPS) is 11.2. The lowest BCUT2D eigenvalue weighted by molar-refractivity contribution is -0.144. The van der Waals surface area contributed by atoms with E-state index in [2.05, 4.69) is 6.58 Å². The van der Waals surface area contributed by atoms with Gasteiger partial charge in [0.25, 0.3) is 0 Å². The number of benzene rings is 1. The van der Waals surface area contributed by atoms with Crippen LogP contribution in [0.5, 0.6) is 0 Å². The van der Waals surface area contributed by atoms with Gasteiger partial charge in [0, 0.05) is 5.57 Å². The Labute approximate surface area is 189 Å². The second kappa shape index (κ2) is 15.5. The quantitative estimate of drug-likeness (QED) is 0.190. The molecule has 0 aliphatic carbocycles.